The quantitative estimate of drug-likeness (QED) is 0.832. The summed E-state index contributed by atoms with van der Waals surface area (Å²) in [5.41, 5.74) is 0.761. The molecule has 0 aromatic heterocycles. The maximum atomic E-state index is 12.6. The summed E-state index contributed by atoms with van der Waals surface area (Å²) in [5, 5.41) is 0. The molecule has 6 heteroatoms. The molecule has 0 bridgehead atoms. The van der Waals surface area contributed by atoms with Gasteiger partial charge >= 0.3 is 0 Å². The minimum atomic E-state index is -0.109. The summed E-state index contributed by atoms with van der Waals surface area (Å²) in [6.45, 7) is 2.51. The van der Waals surface area contributed by atoms with E-state index in [1.807, 2.05) is 53.1 Å². The van der Waals surface area contributed by atoms with Crippen LogP contribution in [0.25, 0.3) is 0 Å². The van der Waals surface area contributed by atoms with Crippen LogP contribution < -0.4 is 9.64 Å². The van der Waals surface area contributed by atoms with Gasteiger partial charge in [0.05, 0.1) is 13.7 Å². The summed E-state index contributed by atoms with van der Waals surface area (Å²) in [7, 11) is 5.42. The number of carbonyl (C=O) groups excluding carboxylic acids is 2. The number of anilines is 1. The van der Waals surface area contributed by atoms with Gasteiger partial charge in [-0.3, -0.25) is 9.59 Å². The number of nitrogens with zero attached hydrogens (tertiary/aromatic N) is 3. The van der Waals surface area contributed by atoms with Gasteiger partial charge in [-0.1, -0.05) is 6.07 Å². The van der Waals surface area contributed by atoms with Crippen LogP contribution >= 0.6 is 0 Å². The Hall–Kier alpha value is -2.08. The number of amides is 2. The zero-order chi connectivity index (χ0) is 17.3. The Balaban J connectivity index is 1.71. The van der Waals surface area contributed by atoms with Crippen molar-refractivity contribution in [3.63, 3.8) is 0 Å². The summed E-state index contributed by atoms with van der Waals surface area (Å²) >= 11 is 0. The van der Waals surface area contributed by atoms with Crippen molar-refractivity contribution >= 4 is 17.5 Å². The highest BCUT2D eigenvalue weighted by atomic mass is 16.5. The minimum absolute atomic E-state index is 0.109. The normalized spacial score (nSPS) is 23.6. The van der Waals surface area contributed by atoms with Gasteiger partial charge < -0.3 is 19.4 Å². The summed E-state index contributed by atoms with van der Waals surface area (Å²) in [6.07, 6.45) is 1.40. The maximum absolute atomic E-state index is 12.6. The number of rotatable bonds is 4. The van der Waals surface area contributed by atoms with E-state index >= 15 is 0 Å². The Kier molecular flexibility index (Phi) is 4.49. The molecule has 1 aromatic carbocycles. The van der Waals surface area contributed by atoms with E-state index < -0.39 is 0 Å². The Labute approximate surface area is 143 Å². The minimum Gasteiger partial charge on any atom is -0.497 e. The molecule has 0 saturated carbocycles. The van der Waals surface area contributed by atoms with Crippen molar-refractivity contribution in [3.05, 3.63) is 24.3 Å². The predicted octanol–water partition coefficient (Wildman–Crippen LogP) is 1.21. The highest BCUT2D eigenvalue weighted by Gasteiger charge is 2.48. The van der Waals surface area contributed by atoms with E-state index in [1.54, 1.807) is 7.11 Å². The van der Waals surface area contributed by atoms with Crippen LogP contribution in [0, 0.1) is 5.41 Å². The summed E-state index contributed by atoms with van der Waals surface area (Å²) in [4.78, 5) is 30.5. The van der Waals surface area contributed by atoms with Crippen LogP contribution in [0.3, 0.4) is 0 Å². The molecule has 24 heavy (non-hydrogen) atoms. The van der Waals surface area contributed by atoms with E-state index in [0.717, 1.165) is 24.4 Å². The summed E-state index contributed by atoms with van der Waals surface area (Å²) in [6, 6.07) is 7.59. The van der Waals surface area contributed by atoms with Crippen molar-refractivity contribution in [1.29, 1.82) is 0 Å². The zero-order valence-corrected chi connectivity index (χ0v) is 14.6. The first-order chi connectivity index (χ1) is 11.4. The van der Waals surface area contributed by atoms with E-state index in [4.69, 9.17) is 4.74 Å². The van der Waals surface area contributed by atoms with Gasteiger partial charge in [-0.2, -0.15) is 0 Å². The molecule has 2 aliphatic rings. The molecule has 2 fully saturated rings. The second kappa shape index (κ2) is 6.43. The molecule has 1 unspecified atom stereocenters. The summed E-state index contributed by atoms with van der Waals surface area (Å²) in [5.74, 6) is 1.02. The van der Waals surface area contributed by atoms with E-state index in [1.165, 1.54) is 0 Å². The number of methoxy groups -OCH3 is 1. The number of benzene rings is 1. The van der Waals surface area contributed by atoms with Crippen molar-refractivity contribution in [2.24, 2.45) is 5.41 Å². The lowest BCUT2D eigenvalue weighted by molar-refractivity contribution is -0.131. The van der Waals surface area contributed by atoms with Gasteiger partial charge in [0, 0.05) is 43.2 Å². The molecule has 2 amide bonds. The molecular formula is C18H25N3O3. The standard InChI is InChI=1S/C18H25N3O3/c1-19(2)11-17(23)20-8-7-18(12-20)10-16(22)21(13-18)14-5-4-6-15(9-14)24-3/h4-6,9H,7-8,10-13H2,1-3H3. The highest BCUT2D eigenvalue weighted by Crippen LogP contribution is 2.42. The molecule has 2 saturated heterocycles. The van der Waals surface area contributed by atoms with Gasteiger partial charge in [0.2, 0.25) is 11.8 Å². The van der Waals surface area contributed by atoms with E-state index in [0.29, 0.717) is 26.1 Å². The van der Waals surface area contributed by atoms with E-state index in [9.17, 15) is 9.59 Å². The number of likely N-dealkylation sites (tertiary alicyclic amines) is 1. The van der Waals surface area contributed by atoms with Crippen LogP contribution in [0.1, 0.15) is 12.8 Å². The predicted molar refractivity (Wildman–Crippen MR) is 92.1 cm³/mol. The van der Waals surface area contributed by atoms with Crippen molar-refractivity contribution in [2.75, 3.05) is 52.3 Å². The molecule has 0 N–H and O–H groups in total. The lowest BCUT2D eigenvalue weighted by Gasteiger charge is -2.25. The smallest absolute Gasteiger partial charge is 0.236 e. The molecule has 130 valence electrons. The Morgan fingerprint density at radius 3 is 2.83 bits per heavy atom. The van der Waals surface area contributed by atoms with E-state index in [-0.39, 0.29) is 17.2 Å². The van der Waals surface area contributed by atoms with Crippen LogP contribution in [0.2, 0.25) is 0 Å². The van der Waals surface area contributed by atoms with Crippen LogP contribution in [0.4, 0.5) is 5.69 Å². The van der Waals surface area contributed by atoms with Gasteiger partial charge in [-0.15, -0.1) is 0 Å². The van der Waals surface area contributed by atoms with Crippen molar-refractivity contribution < 1.29 is 14.3 Å². The molecule has 6 nitrogen and oxygen atoms in total. The number of hydrogen-bond acceptors (Lipinski definition) is 4. The van der Waals surface area contributed by atoms with Crippen molar-refractivity contribution in [3.8, 4) is 5.75 Å². The molecule has 0 radical (unpaired) electrons. The van der Waals surface area contributed by atoms with E-state index in [2.05, 4.69) is 0 Å². The number of likely N-dealkylation sites (N-methyl/N-ethyl adjacent to an activating group) is 1. The molecule has 3 rings (SSSR count). The monoisotopic (exact) mass is 331 g/mol. The van der Waals surface area contributed by atoms with Crippen LogP contribution in [-0.2, 0) is 9.59 Å². The van der Waals surface area contributed by atoms with Crippen LogP contribution in [-0.4, -0.2) is 69.0 Å². The Morgan fingerprint density at radius 2 is 2.12 bits per heavy atom. The van der Waals surface area contributed by atoms with Gasteiger partial charge in [0.15, 0.2) is 0 Å². The van der Waals surface area contributed by atoms with Gasteiger partial charge in [-0.25, -0.2) is 0 Å². The summed E-state index contributed by atoms with van der Waals surface area (Å²) < 4.78 is 5.26. The number of hydrogen-bond donors (Lipinski definition) is 0. The van der Waals surface area contributed by atoms with Crippen LogP contribution in [0.5, 0.6) is 5.75 Å². The third-order valence-electron chi connectivity index (χ3n) is 4.93. The van der Waals surface area contributed by atoms with Gasteiger partial charge in [0.25, 0.3) is 0 Å². The molecule has 1 aromatic rings. The fourth-order valence-electron chi connectivity index (χ4n) is 3.70. The fraction of sp³-hybridized carbons (Fsp3) is 0.556. The second-order valence-corrected chi connectivity index (χ2v) is 7.16. The van der Waals surface area contributed by atoms with Crippen molar-refractivity contribution in [1.82, 2.24) is 9.80 Å². The molecule has 1 atom stereocenters. The first-order valence-electron chi connectivity index (χ1n) is 8.29. The second-order valence-electron chi connectivity index (χ2n) is 7.16. The molecular weight excluding hydrogens is 306 g/mol. The molecule has 1 spiro atoms. The number of carbonyl (C=O) groups is 2. The zero-order valence-electron chi connectivity index (χ0n) is 14.6. The first-order valence-corrected chi connectivity index (χ1v) is 8.29. The molecule has 2 aliphatic heterocycles. The molecule has 0 aliphatic carbocycles. The largest absolute Gasteiger partial charge is 0.497 e. The Morgan fingerprint density at radius 1 is 1.33 bits per heavy atom. The third kappa shape index (κ3) is 3.24. The third-order valence-corrected chi connectivity index (χ3v) is 4.93. The van der Waals surface area contributed by atoms with Crippen molar-refractivity contribution in [2.45, 2.75) is 12.8 Å². The maximum Gasteiger partial charge on any atom is 0.236 e. The SMILES string of the molecule is COc1cccc(N2CC3(CCN(C(=O)CN(C)C)C3)CC2=O)c1. The lowest BCUT2D eigenvalue weighted by atomic mass is 9.86. The average Bonchev–Trinajstić information content (AvgIpc) is 3.10. The van der Waals surface area contributed by atoms with Gasteiger partial charge in [0.1, 0.15) is 5.75 Å². The highest BCUT2D eigenvalue weighted by molar-refractivity contribution is 5.96. The lowest BCUT2D eigenvalue weighted by Crippen LogP contribution is -2.38. The first kappa shape index (κ1) is 16.8. The average molecular weight is 331 g/mol. The van der Waals surface area contributed by atoms with Crippen LogP contribution in [0.15, 0.2) is 24.3 Å². The molecule has 2 heterocycles. The topological polar surface area (TPSA) is 53.1 Å². The number of ether oxygens (including phenoxy) is 1. The fourth-order valence-corrected chi connectivity index (χ4v) is 3.70. The Bertz CT molecular complexity index is 646. The van der Waals surface area contributed by atoms with Gasteiger partial charge in [-0.05, 0) is 32.6 Å².